The Labute approximate surface area is 188 Å². The van der Waals surface area contributed by atoms with Crippen LogP contribution in [0.25, 0.3) is 16.9 Å². The van der Waals surface area contributed by atoms with Crippen molar-refractivity contribution in [2.24, 2.45) is 0 Å². The zero-order valence-electron chi connectivity index (χ0n) is 18.1. The number of nitrogens with zero attached hydrogens (tertiary/aromatic N) is 4. The monoisotopic (exact) mass is 426 g/mol. The van der Waals surface area contributed by atoms with E-state index >= 15 is 0 Å². The van der Waals surface area contributed by atoms with Crippen molar-refractivity contribution in [2.45, 2.75) is 13.0 Å². The minimum absolute atomic E-state index is 0.0202. The summed E-state index contributed by atoms with van der Waals surface area (Å²) in [5, 5.41) is 4.50. The second kappa shape index (κ2) is 10.5. The van der Waals surface area contributed by atoms with Crippen molar-refractivity contribution in [3.05, 3.63) is 103 Å². The third-order valence-corrected chi connectivity index (χ3v) is 5.24. The maximum Gasteiger partial charge on any atom is 0.254 e. The molecule has 4 aromatic rings. The lowest BCUT2D eigenvalue weighted by atomic mass is 10.1. The Kier molecular flexibility index (Phi) is 7.05. The first kappa shape index (κ1) is 21.5. The predicted octanol–water partition coefficient (Wildman–Crippen LogP) is 4.61. The van der Waals surface area contributed by atoms with Crippen LogP contribution in [0, 0.1) is 0 Å². The lowest BCUT2D eigenvalue weighted by Gasteiger charge is -2.23. The number of hydrogen-bond acceptors (Lipinski definition) is 4. The standard InChI is InChI=1S/C26H26N4O2/c1-32-18-6-17-29(20-21-11-14-27-15-12-21)26(31)23-9-5-10-24(19-23)30-25(13-16-28-30)22-7-3-2-4-8-22/h2-5,7-16,19H,6,17-18,20H2,1H3. The number of benzene rings is 2. The van der Waals surface area contributed by atoms with Crippen LogP contribution in [0.4, 0.5) is 0 Å². The lowest BCUT2D eigenvalue weighted by molar-refractivity contribution is 0.0723. The fraction of sp³-hybridized carbons (Fsp3) is 0.192. The number of pyridine rings is 1. The highest BCUT2D eigenvalue weighted by atomic mass is 16.5. The van der Waals surface area contributed by atoms with E-state index in [0.29, 0.717) is 25.3 Å². The van der Waals surface area contributed by atoms with Crippen molar-refractivity contribution in [2.75, 3.05) is 20.3 Å². The minimum atomic E-state index is -0.0202. The van der Waals surface area contributed by atoms with Gasteiger partial charge in [0.05, 0.1) is 17.6 Å². The predicted molar refractivity (Wildman–Crippen MR) is 124 cm³/mol. The largest absolute Gasteiger partial charge is 0.385 e. The second-order valence-corrected chi connectivity index (χ2v) is 7.47. The Morgan fingerprint density at radius 3 is 2.56 bits per heavy atom. The average molecular weight is 427 g/mol. The Hall–Kier alpha value is -3.77. The molecule has 4 rings (SSSR count). The van der Waals surface area contributed by atoms with Crippen LogP contribution in [0.15, 0.2) is 91.4 Å². The highest BCUT2D eigenvalue weighted by Gasteiger charge is 2.17. The smallest absolute Gasteiger partial charge is 0.254 e. The van der Waals surface area contributed by atoms with Gasteiger partial charge in [-0.1, -0.05) is 36.4 Å². The molecule has 0 atom stereocenters. The maximum absolute atomic E-state index is 13.5. The molecule has 0 saturated heterocycles. The van der Waals surface area contributed by atoms with E-state index in [1.54, 1.807) is 25.7 Å². The number of methoxy groups -OCH3 is 1. The molecule has 6 nitrogen and oxygen atoms in total. The number of aromatic nitrogens is 3. The lowest BCUT2D eigenvalue weighted by Crippen LogP contribution is -2.32. The van der Waals surface area contributed by atoms with Crippen molar-refractivity contribution < 1.29 is 9.53 Å². The van der Waals surface area contributed by atoms with Crippen molar-refractivity contribution in [1.82, 2.24) is 19.7 Å². The molecule has 0 N–H and O–H groups in total. The van der Waals surface area contributed by atoms with E-state index < -0.39 is 0 Å². The summed E-state index contributed by atoms with van der Waals surface area (Å²) in [5.74, 6) is -0.0202. The van der Waals surface area contributed by atoms with E-state index in [1.807, 2.05) is 70.2 Å². The van der Waals surface area contributed by atoms with Gasteiger partial charge in [-0.25, -0.2) is 4.68 Å². The highest BCUT2D eigenvalue weighted by molar-refractivity contribution is 5.94. The van der Waals surface area contributed by atoms with Crippen LogP contribution in [0.5, 0.6) is 0 Å². The van der Waals surface area contributed by atoms with Crippen LogP contribution >= 0.6 is 0 Å². The van der Waals surface area contributed by atoms with Gasteiger partial charge in [0.2, 0.25) is 0 Å². The Balaban J connectivity index is 1.61. The quantitative estimate of drug-likeness (QED) is 0.367. The molecule has 1 amide bonds. The fourth-order valence-corrected chi connectivity index (χ4v) is 3.65. The molecule has 0 bridgehead atoms. The number of ether oxygens (including phenoxy) is 1. The van der Waals surface area contributed by atoms with Gasteiger partial charge in [0.15, 0.2) is 0 Å². The summed E-state index contributed by atoms with van der Waals surface area (Å²) in [6.07, 6.45) is 6.04. The average Bonchev–Trinajstić information content (AvgIpc) is 3.34. The second-order valence-electron chi connectivity index (χ2n) is 7.47. The molecule has 0 aliphatic heterocycles. The number of hydrogen-bond donors (Lipinski definition) is 0. The number of amides is 1. The van der Waals surface area contributed by atoms with E-state index in [9.17, 15) is 4.79 Å². The molecule has 2 aromatic heterocycles. The Bertz CT molecular complexity index is 1140. The SMILES string of the molecule is COCCCN(Cc1ccncc1)C(=O)c1cccc(-n2nccc2-c2ccccc2)c1. The summed E-state index contributed by atoms with van der Waals surface area (Å²) in [6, 6.07) is 23.6. The van der Waals surface area contributed by atoms with Crippen molar-refractivity contribution in [3.63, 3.8) is 0 Å². The molecule has 32 heavy (non-hydrogen) atoms. The van der Waals surface area contributed by atoms with Crippen molar-refractivity contribution >= 4 is 5.91 Å². The van der Waals surface area contributed by atoms with Gasteiger partial charge < -0.3 is 9.64 Å². The third kappa shape index (κ3) is 5.10. The molecule has 0 spiro atoms. The normalized spacial score (nSPS) is 10.8. The van der Waals surface area contributed by atoms with Gasteiger partial charge in [0.1, 0.15) is 0 Å². The molecule has 6 heteroatoms. The fourth-order valence-electron chi connectivity index (χ4n) is 3.65. The molecule has 0 fully saturated rings. The van der Waals surface area contributed by atoms with Crippen LogP contribution in [-0.4, -0.2) is 45.8 Å². The number of carbonyl (C=O) groups is 1. The van der Waals surface area contributed by atoms with Crippen LogP contribution in [0.3, 0.4) is 0 Å². The van der Waals surface area contributed by atoms with Gasteiger partial charge in [-0.15, -0.1) is 0 Å². The highest BCUT2D eigenvalue weighted by Crippen LogP contribution is 2.23. The van der Waals surface area contributed by atoms with Gasteiger partial charge in [-0.3, -0.25) is 9.78 Å². The molecule has 0 saturated carbocycles. The summed E-state index contributed by atoms with van der Waals surface area (Å²) in [6.45, 7) is 1.73. The minimum Gasteiger partial charge on any atom is -0.385 e. The molecule has 162 valence electrons. The van der Waals surface area contributed by atoms with Gasteiger partial charge in [-0.05, 0) is 48.4 Å². The number of carbonyl (C=O) groups excluding carboxylic acids is 1. The van der Waals surface area contributed by atoms with E-state index in [1.165, 1.54) is 0 Å². The van der Waals surface area contributed by atoms with Gasteiger partial charge in [-0.2, -0.15) is 5.10 Å². The van der Waals surface area contributed by atoms with Crippen LogP contribution in [-0.2, 0) is 11.3 Å². The van der Waals surface area contributed by atoms with Gasteiger partial charge >= 0.3 is 0 Å². The van der Waals surface area contributed by atoms with Crippen molar-refractivity contribution in [3.8, 4) is 16.9 Å². The van der Waals surface area contributed by atoms with Crippen LogP contribution in [0.1, 0.15) is 22.3 Å². The van der Waals surface area contributed by atoms with Crippen molar-refractivity contribution in [1.29, 1.82) is 0 Å². The Morgan fingerprint density at radius 1 is 0.969 bits per heavy atom. The first-order chi connectivity index (χ1) is 15.8. The maximum atomic E-state index is 13.5. The van der Waals surface area contributed by atoms with E-state index in [-0.39, 0.29) is 5.91 Å². The number of rotatable bonds is 9. The molecule has 0 unspecified atom stereocenters. The third-order valence-electron chi connectivity index (χ3n) is 5.24. The topological polar surface area (TPSA) is 60.2 Å². The summed E-state index contributed by atoms with van der Waals surface area (Å²) in [5.41, 5.74) is 4.56. The molecule has 2 heterocycles. The molecule has 0 aliphatic carbocycles. The molecular formula is C26H26N4O2. The Morgan fingerprint density at radius 2 is 1.78 bits per heavy atom. The van der Waals surface area contributed by atoms with E-state index in [0.717, 1.165) is 28.9 Å². The summed E-state index contributed by atoms with van der Waals surface area (Å²) >= 11 is 0. The molecule has 0 radical (unpaired) electrons. The van der Waals surface area contributed by atoms with E-state index in [4.69, 9.17) is 4.74 Å². The zero-order chi connectivity index (χ0) is 22.2. The van der Waals surface area contributed by atoms with Crippen LogP contribution < -0.4 is 0 Å². The van der Waals surface area contributed by atoms with Gasteiger partial charge in [0, 0.05) is 50.3 Å². The first-order valence-electron chi connectivity index (χ1n) is 10.6. The summed E-state index contributed by atoms with van der Waals surface area (Å²) in [7, 11) is 1.67. The molecule has 0 aliphatic rings. The first-order valence-corrected chi connectivity index (χ1v) is 10.6. The molecular weight excluding hydrogens is 400 g/mol. The molecule has 2 aromatic carbocycles. The summed E-state index contributed by atoms with van der Waals surface area (Å²) < 4.78 is 7.06. The zero-order valence-corrected chi connectivity index (χ0v) is 18.1. The van der Waals surface area contributed by atoms with E-state index in [2.05, 4.69) is 22.2 Å². The van der Waals surface area contributed by atoms with Gasteiger partial charge in [0.25, 0.3) is 5.91 Å². The summed E-state index contributed by atoms with van der Waals surface area (Å²) in [4.78, 5) is 19.4. The van der Waals surface area contributed by atoms with Crippen LogP contribution in [0.2, 0.25) is 0 Å².